The minimum absolute atomic E-state index is 0.255. The molecule has 0 aliphatic heterocycles. The summed E-state index contributed by atoms with van der Waals surface area (Å²) in [7, 11) is 4.88. The molecule has 9 nitrogen and oxygen atoms in total. The Bertz CT molecular complexity index is 1210. The van der Waals surface area contributed by atoms with Gasteiger partial charge in [-0.2, -0.15) is 4.68 Å². The van der Waals surface area contributed by atoms with Gasteiger partial charge in [-0.3, -0.25) is 0 Å². The third-order valence-corrected chi connectivity index (χ3v) is 5.24. The molecule has 0 saturated carbocycles. The van der Waals surface area contributed by atoms with Crippen LogP contribution in [0.5, 0.6) is 29.0 Å². The average Bonchev–Trinajstić information content (AvgIpc) is 3.35. The van der Waals surface area contributed by atoms with Crippen molar-refractivity contribution in [2.75, 3.05) is 27.9 Å². The molecule has 3 aromatic carbocycles. The maximum atomic E-state index is 5.96. The number of para-hydroxylation sites is 1. The minimum Gasteiger partial charge on any atom is -0.493 e. The maximum Gasteiger partial charge on any atom is 0.346 e. The number of hydrogen-bond donors (Lipinski definition) is 1. The topological polar surface area (TPSA) is 92.6 Å². The third kappa shape index (κ3) is 5.44. The second-order valence-corrected chi connectivity index (χ2v) is 7.41. The quantitative estimate of drug-likeness (QED) is 0.337. The third-order valence-electron chi connectivity index (χ3n) is 5.24. The van der Waals surface area contributed by atoms with Crippen molar-refractivity contribution in [3.63, 3.8) is 0 Å². The van der Waals surface area contributed by atoms with Gasteiger partial charge in [-0.25, -0.2) is 0 Å². The number of hydrogen-bond acceptors (Lipinski definition) is 8. The number of methoxy groups -OCH3 is 3. The van der Waals surface area contributed by atoms with Gasteiger partial charge in [-0.1, -0.05) is 35.4 Å². The summed E-state index contributed by atoms with van der Waals surface area (Å²) in [5.41, 5.74) is 3.04. The predicted octanol–water partition coefficient (Wildman–Crippen LogP) is 3.81. The summed E-state index contributed by atoms with van der Waals surface area (Å²) in [6, 6.07) is 21.5. The molecule has 4 aromatic rings. The van der Waals surface area contributed by atoms with Gasteiger partial charge >= 0.3 is 6.01 Å². The van der Waals surface area contributed by atoms with Gasteiger partial charge in [0.05, 0.1) is 27.0 Å². The Kier molecular flexibility index (Phi) is 7.56. The molecule has 0 radical (unpaired) electrons. The van der Waals surface area contributed by atoms with Gasteiger partial charge in [0.15, 0.2) is 23.0 Å². The Labute approximate surface area is 198 Å². The zero-order valence-electron chi connectivity index (χ0n) is 19.4. The van der Waals surface area contributed by atoms with Gasteiger partial charge in [-0.15, -0.1) is 0 Å². The monoisotopic (exact) mass is 461 g/mol. The lowest BCUT2D eigenvalue weighted by atomic mass is 10.1. The number of rotatable bonds is 11. The Morgan fingerprint density at radius 1 is 0.765 bits per heavy atom. The number of tetrazole rings is 1. The zero-order chi connectivity index (χ0) is 23.8. The number of aromatic nitrogens is 4. The highest BCUT2D eigenvalue weighted by atomic mass is 16.5. The first-order chi connectivity index (χ1) is 16.7. The van der Waals surface area contributed by atoms with Gasteiger partial charge in [0.2, 0.25) is 0 Å². The van der Waals surface area contributed by atoms with Crippen LogP contribution in [0.3, 0.4) is 0 Å². The van der Waals surface area contributed by atoms with E-state index in [0.717, 1.165) is 35.7 Å². The van der Waals surface area contributed by atoms with Crippen LogP contribution in [0, 0.1) is 0 Å². The molecular formula is C25H27N5O4. The lowest BCUT2D eigenvalue weighted by Gasteiger charge is -2.12. The molecule has 1 aromatic heterocycles. The maximum absolute atomic E-state index is 5.96. The molecule has 0 saturated heterocycles. The van der Waals surface area contributed by atoms with Gasteiger partial charge in [-0.05, 0) is 70.9 Å². The molecule has 176 valence electrons. The molecule has 1 heterocycles. The van der Waals surface area contributed by atoms with E-state index in [9.17, 15) is 0 Å². The summed E-state index contributed by atoms with van der Waals surface area (Å²) in [5.74, 6) is 2.59. The molecule has 0 aliphatic rings. The van der Waals surface area contributed by atoms with Crippen molar-refractivity contribution in [1.82, 2.24) is 25.5 Å². The van der Waals surface area contributed by atoms with Crippen LogP contribution in [-0.2, 0) is 13.0 Å². The molecule has 0 aliphatic carbocycles. The van der Waals surface area contributed by atoms with Crippen LogP contribution in [0.25, 0.3) is 5.69 Å². The van der Waals surface area contributed by atoms with E-state index in [4.69, 9.17) is 18.9 Å². The van der Waals surface area contributed by atoms with E-state index in [1.54, 1.807) is 21.3 Å². The van der Waals surface area contributed by atoms with Crippen LogP contribution in [0.4, 0.5) is 0 Å². The highest BCUT2D eigenvalue weighted by Crippen LogP contribution is 2.32. The Morgan fingerprint density at radius 2 is 1.44 bits per heavy atom. The first kappa shape index (κ1) is 23.1. The lowest BCUT2D eigenvalue weighted by molar-refractivity contribution is 0.354. The van der Waals surface area contributed by atoms with Gasteiger partial charge in [0.1, 0.15) is 0 Å². The SMILES string of the molecule is COc1ccc(CCNCc2ccc(Oc3nnnn3-c3ccccc3)c(OC)c2)cc1OC. The predicted molar refractivity (Wildman–Crippen MR) is 127 cm³/mol. The molecule has 0 fully saturated rings. The van der Waals surface area contributed by atoms with Crippen molar-refractivity contribution in [3.05, 3.63) is 77.9 Å². The molecule has 9 heteroatoms. The molecule has 4 rings (SSSR count). The van der Waals surface area contributed by atoms with E-state index < -0.39 is 0 Å². The van der Waals surface area contributed by atoms with Crippen LogP contribution in [0.15, 0.2) is 66.7 Å². The van der Waals surface area contributed by atoms with Crippen molar-refractivity contribution >= 4 is 0 Å². The van der Waals surface area contributed by atoms with Crippen LogP contribution < -0.4 is 24.3 Å². The van der Waals surface area contributed by atoms with Crippen molar-refractivity contribution in [2.24, 2.45) is 0 Å². The Balaban J connectivity index is 1.36. The van der Waals surface area contributed by atoms with Crippen LogP contribution in [0.1, 0.15) is 11.1 Å². The largest absolute Gasteiger partial charge is 0.493 e. The van der Waals surface area contributed by atoms with Crippen molar-refractivity contribution in [2.45, 2.75) is 13.0 Å². The lowest BCUT2D eigenvalue weighted by Crippen LogP contribution is -2.16. The number of nitrogens with zero attached hydrogens (tertiary/aromatic N) is 4. The fourth-order valence-electron chi connectivity index (χ4n) is 3.48. The molecular weight excluding hydrogens is 434 g/mol. The average molecular weight is 462 g/mol. The highest BCUT2D eigenvalue weighted by Gasteiger charge is 2.14. The van der Waals surface area contributed by atoms with Gasteiger partial charge in [0.25, 0.3) is 0 Å². The standard InChI is InChI=1S/C25H27N5O4/c1-31-21-11-9-18(15-23(21)32-2)13-14-26-17-19-10-12-22(24(16-19)33-3)34-25-27-28-29-30(25)20-7-5-4-6-8-20/h4-12,15-16,26H,13-14,17H2,1-3H3. The van der Waals surface area contributed by atoms with E-state index in [-0.39, 0.29) is 6.01 Å². The fraction of sp³-hybridized carbons (Fsp3) is 0.240. The summed E-state index contributed by atoms with van der Waals surface area (Å²) in [5, 5.41) is 15.2. The summed E-state index contributed by atoms with van der Waals surface area (Å²) in [6.07, 6.45) is 0.862. The Morgan fingerprint density at radius 3 is 2.21 bits per heavy atom. The zero-order valence-corrected chi connectivity index (χ0v) is 19.4. The van der Waals surface area contributed by atoms with Crippen molar-refractivity contribution < 1.29 is 18.9 Å². The van der Waals surface area contributed by atoms with Crippen LogP contribution in [0.2, 0.25) is 0 Å². The van der Waals surface area contributed by atoms with E-state index in [1.807, 2.05) is 66.7 Å². The second-order valence-electron chi connectivity index (χ2n) is 7.41. The molecule has 0 amide bonds. The van der Waals surface area contributed by atoms with E-state index in [1.165, 1.54) is 10.2 Å². The number of benzene rings is 3. The molecule has 0 unspecified atom stereocenters. The summed E-state index contributed by atoms with van der Waals surface area (Å²) >= 11 is 0. The molecule has 34 heavy (non-hydrogen) atoms. The number of nitrogens with one attached hydrogen (secondary N) is 1. The van der Waals surface area contributed by atoms with Crippen molar-refractivity contribution in [3.8, 4) is 34.7 Å². The van der Waals surface area contributed by atoms with Crippen molar-refractivity contribution in [1.29, 1.82) is 0 Å². The molecule has 0 spiro atoms. The van der Waals surface area contributed by atoms with Crippen LogP contribution in [-0.4, -0.2) is 48.1 Å². The minimum atomic E-state index is 0.255. The summed E-state index contributed by atoms with van der Waals surface area (Å²) in [4.78, 5) is 0. The first-order valence-corrected chi connectivity index (χ1v) is 10.8. The molecule has 0 bridgehead atoms. The van der Waals surface area contributed by atoms with Gasteiger partial charge < -0.3 is 24.3 Å². The second kappa shape index (κ2) is 11.2. The smallest absolute Gasteiger partial charge is 0.346 e. The summed E-state index contributed by atoms with van der Waals surface area (Å²) in [6.45, 7) is 1.49. The first-order valence-electron chi connectivity index (χ1n) is 10.8. The Hall–Kier alpha value is -4.11. The normalized spacial score (nSPS) is 10.7. The summed E-state index contributed by atoms with van der Waals surface area (Å²) < 4.78 is 23.7. The number of ether oxygens (including phenoxy) is 4. The molecule has 1 N–H and O–H groups in total. The highest BCUT2D eigenvalue weighted by molar-refractivity contribution is 5.45. The van der Waals surface area contributed by atoms with Crippen LogP contribution >= 0.6 is 0 Å². The van der Waals surface area contributed by atoms with Gasteiger partial charge in [0, 0.05) is 6.54 Å². The van der Waals surface area contributed by atoms with E-state index in [2.05, 4.69) is 20.8 Å². The molecule has 0 atom stereocenters. The van der Waals surface area contributed by atoms with E-state index in [0.29, 0.717) is 18.0 Å². The van der Waals surface area contributed by atoms with E-state index >= 15 is 0 Å². The fourth-order valence-corrected chi connectivity index (χ4v) is 3.48.